The first kappa shape index (κ1) is 13.3. The number of rotatable bonds is 5. The van der Waals surface area contributed by atoms with E-state index in [2.05, 4.69) is 10.3 Å². The Morgan fingerprint density at radius 1 is 1.39 bits per heavy atom. The molecule has 0 amide bonds. The molecule has 18 heavy (non-hydrogen) atoms. The minimum Gasteiger partial charge on any atom is -0.491 e. The molecule has 1 aromatic rings. The Hall–Kier alpha value is -1.13. The van der Waals surface area contributed by atoms with Crippen LogP contribution in [0.5, 0.6) is 5.75 Å². The molecule has 100 valence electrons. The van der Waals surface area contributed by atoms with E-state index in [1.165, 1.54) is 0 Å². The maximum absolute atomic E-state index is 5.93. The number of ether oxygens (including phenoxy) is 2. The van der Waals surface area contributed by atoms with Gasteiger partial charge in [-0.15, -0.1) is 0 Å². The first-order valence-electron chi connectivity index (χ1n) is 6.61. The average Bonchev–Trinajstić information content (AvgIpc) is 2.39. The van der Waals surface area contributed by atoms with Crippen molar-refractivity contribution >= 4 is 0 Å². The second-order valence-corrected chi connectivity index (χ2v) is 4.79. The van der Waals surface area contributed by atoms with E-state index in [-0.39, 0.29) is 0 Å². The Morgan fingerprint density at radius 3 is 2.89 bits per heavy atom. The Bertz CT molecular complexity index is 376. The third-order valence-corrected chi connectivity index (χ3v) is 3.23. The SMILES string of the molecule is CNCc1nc(C)ccc1OCC1CCOCC1. The van der Waals surface area contributed by atoms with Gasteiger partial charge in [-0.2, -0.15) is 0 Å². The summed E-state index contributed by atoms with van der Waals surface area (Å²) in [6, 6.07) is 4.02. The summed E-state index contributed by atoms with van der Waals surface area (Å²) in [5.74, 6) is 1.52. The largest absolute Gasteiger partial charge is 0.491 e. The van der Waals surface area contributed by atoms with Crippen molar-refractivity contribution in [2.45, 2.75) is 26.3 Å². The first-order chi connectivity index (χ1) is 8.79. The van der Waals surface area contributed by atoms with Crippen LogP contribution in [0.3, 0.4) is 0 Å². The van der Waals surface area contributed by atoms with Gasteiger partial charge in [0, 0.05) is 25.5 Å². The molecule has 0 spiro atoms. The second-order valence-electron chi connectivity index (χ2n) is 4.79. The molecule has 1 fully saturated rings. The minimum atomic E-state index is 0.613. The van der Waals surface area contributed by atoms with Crippen molar-refractivity contribution in [3.63, 3.8) is 0 Å². The number of aromatic nitrogens is 1. The summed E-state index contributed by atoms with van der Waals surface area (Å²) in [4.78, 5) is 4.51. The fourth-order valence-electron chi connectivity index (χ4n) is 2.14. The molecule has 1 saturated heterocycles. The molecule has 0 aliphatic carbocycles. The van der Waals surface area contributed by atoms with Gasteiger partial charge in [-0.25, -0.2) is 0 Å². The van der Waals surface area contributed by atoms with Gasteiger partial charge in [-0.05, 0) is 44.9 Å². The fourth-order valence-corrected chi connectivity index (χ4v) is 2.14. The summed E-state index contributed by atoms with van der Waals surface area (Å²) in [6.45, 7) is 5.24. The van der Waals surface area contributed by atoms with Crippen molar-refractivity contribution in [3.05, 3.63) is 23.5 Å². The molecule has 1 aliphatic rings. The highest BCUT2D eigenvalue weighted by Gasteiger charge is 2.15. The molecule has 0 unspecified atom stereocenters. The zero-order valence-corrected chi connectivity index (χ0v) is 11.2. The van der Waals surface area contributed by atoms with Crippen molar-refractivity contribution in [1.29, 1.82) is 0 Å². The van der Waals surface area contributed by atoms with Crippen molar-refractivity contribution in [3.8, 4) is 5.75 Å². The minimum absolute atomic E-state index is 0.613. The van der Waals surface area contributed by atoms with Crippen LogP contribution in [0, 0.1) is 12.8 Å². The summed E-state index contributed by atoms with van der Waals surface area (Å²) in [6.07, 6.45) is 2.20. The van der Waals surface area contributed by atoms with Crippen LogP contribution in [0.4, 0.5) is 0 Å². The topological polar surface area (TPSA) is 43.4 Å². The summed E-state index contributed by atoms with van der Waals surface area (Å²) >= 11 is 0. The molecule has 1 aromatic heterocycles. The molecule has 0 aromatic carbocycles. The molecule has 2 heterocycles. The molecule has 0 radical (unpaired) electrons. The molecule has 2 rings (SSSR count). The van der Waals surface area contributed by atoms with E-state index in [4.69, 9.17) is 9.47 Å². The smallest absolute Gasteiger partial charge is 0.142 e. The van der Waals surface area contributed by atoms with Crippen LogP contribution in [-0.4, -0.2) is 31.9 Å². The van der Waals surface area contributed by atoms with Crippen LogP contribution in [0.15, 0.2) is 12.1 Å². The number of nitrogens with one attached hydrogen (secondary N) is 1. The lowest BCUT2D eigenvalue weighted by atomic mass is 10.0. The van der Waals surface area contributed by atoms with Crippen molar-refractivity contribution in [2.24, 2.45) is 5.92 Å². The van der Waals surface area contributed by atoms with Crippen LogP contribution in [0.1, 0.15) is 24.2 Å². The summed E-state index contributed by atoms with van der Waals surface area (Å²) in [7, 11) is 1.92. The zero-order chi connectivity index (χ0) is 12.8. The lowest BCUT2D eigenvalue weighted by Crippen LogP contribution is -2.22. The predicted molar refractivity (Wildman–Crippen MR) is 70.8 cm³/mol. The molecular weight excluding hydrogens is 228 g/mol. The molecule has 1 N–H and O–H groups in total. The maximum atomic E-state index is 5.93. The highest BCUT2D eigenvalue weighted by Crippen LogP contribution is 2.20. The molecule has 0 bridgehead atoms. The van der Waals surface area contributed by atoms with Crippen molar-refractivity contribution in [2.75, 3.05) is 26.9 Å². The monoisotopic (exact) mass is 250 g/mol. The third-order valence-electron chi connectivity index (χ3n) is 3.23. The lowest BCUT2D eigenvalue weighted by molar-refractivity contribution is 0.0495. The zero-order valence-electron chi connectivity index (χ0n) is 11.2. The number of pyridine rings is 1. The highest BCUT2D eigenvalue weighted by atomic mass is 16.5. The van der Waals surface area contributed by atoms with Crippen LogP contribution in [0.25, 0.3) is 0 Å². The second kappa shape index (κ2) is 6.71. The number of hydrogen-bond acceptors (Lipinski definition) is 4. The van der Waals surface area contributed by atoms with Crippen LogP contribution in [-0.2, 0) is 11.3 Å². The third kappa shape index (κ3) is 3.68. The summed E-state index contributed by atoms with van der Waals surface area (Å²) in [5, 5.41) is 3.13. The fraction of sp³-hybridized carbons (Fsp3) is 0.643. The molecule has 0 atom stereocenters. The van der Waals surface area contributed by atoms with Crippen LogP contribution in [0.2, 0.25) is 0 Å². The Kier molecular flexibility index (Phi) is 4.96. The number of hydrogen-bond donors (Lipinski definition) is 1. The van der Waals surface area contributed by atoms with E-state index in [9.17, 15) is 0 Å². The highest BCUT2D eigenvalue weighted by molar-refractivity contribution is 5.29. The van der Waals surface area contributed by atoms with Gasteiger partial charge in [0.05, 0.1) is 12.3 Å². The van der Waals surface area contributed by atoms with Gasteiger partial charge in [0.1, 0.15) is 5.75 Å². The van der Waals surface area contributed by atoms with E-state index >= 15 is 0 Å². The van der Waals surface area contributed by atoms with Gasteiger partial charge in [0.2, 0.25) is 0 Å². The Morgan fingerprint density at radius 2 is 2.17 bits per heavy atom. The molecule has 1 aliphatic heterocycles. The van der Waals surface area contributed by atoms with Gasteiger partial charge >= 0.3 is 0 Å². The Balaban J connectivity index is 1.94. The van der Waals surface area contributed by atoms with Gasteiger partial charge in [-0.3, -0.25) is 4.98 Å². The normalized spacial score (nSPS) is 16.8. The van der Waals surface area contributed by atoms with E-state index in [1.54, 1.807) is 0 Å². The van der Waals surface area contributed by atoms with Crippen molar-refractivity contribution < 1.29 is 9.47 Å². The van der Waals surface area contributed by atoms with Gasteiger partial charge in [-0.1, -0.05) is 0 Å². The van der Waals surface area contributed by atoms with E-state index < -0.39 is 0 Å². The summed E-state index contributed by atoms with van der Waals surface area (Å²) in [5.41, 5.74) is 2.02. The number of aryl methyl sites for hydroxylation is 1. The standard InChI is InChI=1S/C14H22N2O2/c1-11-3-4-14(13(16-11)9-15-2)18-10-12-5-7-17-8-6-12/h3-4,12,15H,5-10H2,1-2H3. The van der Waals surface area contributed by atoms with Gasteiger partial charge < -0.3 is 14.8 Å². The molecular formula is C14H22N2O2. The lowest BCUT2D eigenvalue weighted by Gasteiger charge is -2.22. The summed E-state index contributed by atoms with van der Waals surface area (Å²) < 4.78 is 11.3. The maximum Gasteiger partial charge on any atom is 0.142 e. The average molecular weight is 250 g/mol. The molecule has 4 heteroatoms. The van der Waals surface area contributed by atoms with Crippen LogP contribution >= 0.6 is 0 Å². The van der Waals surface area contributed by atoms with E-state index in [0.29, 0.717) is 5.92 Å². The molecule has 4 nitrogen and oxygen atoms in total. The number of nitrogens with zero attached hydrogens (tertiary/aromatic N) is 1. The van der Waals surface area contributed by atoms with Gasteiger partial charge in [0.15, 0.2) is 0 Å². The quantitative estimate of drug-likeness (QED) is 0.867. The van der Waals surface area contributed by atoms with Crippen molar-refractivity contribution in [1.82, 2.24) is 10.3 Å². The molecule has 0 saturated carbocycles. The Labute approximate surface area is 109 Å². The van der Waals surface area contributed by atoms with E-state index in [1.807, 2.05) is 26.1 Å². The van der Waals surface area contributed by atoms with Gasteiger partial charge in [0.25, 0.3) is 0 Å². The van der Waals surface area contributed by atoms with Crippen LogP contribution < -0.4 is 10.1 Å². The predicted octanol–water partition coefficient (Wildman–Crippen LogP) is 1.91. The first-order valence-corrected chi connectivity index (χ1v) is 6.61. The van der Waals surface area contributed by atoms with E-state index in [0.717, 1.165) is 56.3 Å².